The monoisotopic (exact) mass is 281 g/mol. The predicted molar refractivity (Wildman–Crippen MR) is 70.1 cm³/mol. The number of carbonyl (C=O) groups is 1. The Bertz CT molecular complexity index is 599. The largest absolute Gasteiger partial charge is 0.323 e. The molecule has 0 radical (unpaired) electrons. The van der Waals surface area contributed by atoms with Crippen LogP contribution in [0.15, 0.2) is 42.5 Å². The standard InChI is InChI=1S/C14H10ClF2NO/c15-11-2-1-3-12(14(11)17)18-13(19)8-9-4-6-10(16)7-5-9/h1-7H,8H2,(H,18,19). The zero-order chi connectivity index (χ0) is 13.8. The number of hydrogen-bond donors (Lipinski definition) is 1. The van der Waals surface area contributed by atoms with Gasteiger partial charge in [-0.05, 0) is 29.8 Å². The molecule has 0 aliphatic rings. The van der Waals surface area contributed by atoms with E-state index in [-0.39, 0.29) is 22.9 Å². The number of nitrogens with one attached hydrogen (secondary N) is 1. The van der Waals surface area contributed by atoms with Crippen LogP contribution >= 0.6 is 11.6 Å². The van der Waals surface area contributed by atoms with Crippen molar-refractivity contribution >= 4 is 23.2 Å². The van der Waals surface area contributed by atoms with Gasteiger partial charge in [-0.2, -0.15) is 0 Å². The van der Waals surface area contributed by atoms with Gasteiger partial charge in [-0.1, -0.05) is 29.8 Å². The summed E-state index contributed by atoms with van der Waals surface area (Å²) < 4.78 is 26.3. The van der Waals surface area contributed by atoms with Gasteiger partial charge in [0, 0.05) is 0 Å². The van der Waals surface area contributed by atoms with Gasteiger partial charge in [-0.15, -0.1) is 0 Å². The van der Waals surface area contributed by atoms with Crippen LogP contribution in [-0.2, 0) is 11.2 Å². The number of rotatable bonds is 3. The third-order valence-electron chi connectivity index (χ3n) is 2.50. The lowest BCUT2D eigenvalue weighted by Crippen LogP contribution is -2.15. The van der Waals surface area contributed by atoms with Crippen molar-refractivity contribution in [2.75, 3.05) is 5.32 Å². The fourth-order valence-electron chi connectivity index (χ4n) is 1.58. The molecule has 0 bridgehead atoms. The van der Waals surface area contributed by atoms with Crippen molar-refractivity contribution in [3.63, 3.8) is 0 Å². The van der Waals surface area contributed by atoms with Gasteiger partial charge < -0.3 is 5.32 Å². The highest BCUT2D eigenvalue weighted by Gasteiger charge is 2.10. The summed E-state index contributed by atoms with van der Waals surface area (Å²) >= 11 is 5.61. The van der Waals surface area contributed by atoms with Crippen LogP contribution in [0.3, 0.4) is 0 Å². The molecule has 2 aromatic carbocycles. The van der Waals surface area contributed by atoms with Crippen molar-refractivity contribution in [3.05, 3.63) is 64.7 Å². The third-order valence-corrected chi connectivity index (χ3v) is 2.80. The van der Waals surface area contributed by atoms with Gasteiger partial charge >= 0.3 is 0 Å². The first-order valence-corrected chi connectivity index (χ1v) is 5.92. The molecule has 19 heavy (non-hydrogen) atoms. The molecule has 1 amide bonds. The SMILES string of the molecule is O=C(Cc1ccc(F)cc1)Nc1cccc(Cl)c1F. The van der Waals surface area contributed by atoms with Gasteiger partial charge in [0.1, 0.15) is 5.82 Å². The van der Waals surface area contributed by atoms with Crippen molar-refractivity contribution in [1.82, 2.24) is 0 Å². The van der Waals surface area contributed by atoms with Gasteiger partial charge in [0.15, 0.2) is 5.82 Å². The minimum absolute atomic E-state index is 0.0274. The van der Waals surface area contributed by atoms with E-state index in [9.17, 15) is 13.6 Å². The van der Waals surface area contributed by atoms with Crippen molar-refractivity contribution < 1.29 is 13.6 Å². The second-order valence-electron chi connectivity index (χ2n) is 3.95. The number of amides is 1. The van der Waals surface area contributed by atoms with E-state index >= 15 is 0 Å². The van der Waals surface area contributed by atoms with Crippen molar-refractivity contribution in [2.45, 2.75) is 6.42 Å². The Labute approximate surface area is 114 Å². The maximum Gasteiger partial charge on any atom is 0.228 e. The van der Waals surface area contributed by atoms with Crippen LogP contribution in [0.25, 0.3) is 0 Å². The highest BCUT2D eigenvalue weighted by atomic mass is 35.5. The second-order valence-corrected chi connectivity index (χ2v) is 4.36. The first-order chi connectivity index (χ1) is 9.06. The Morgan fingerprint density at radius 3 is 2.47 bits per heavy atom. The lowest BCUT2D eigenvalue weighted by Gasteiger charge is -2.07. The molecule has 0 unspecified atom stereocenters. The summed E-state index contributed by atoms with van der Waals surface area (Å²) in [5.74, 6) is -1.44. The second kappa shape index (κ2) is 5.80. The molecule has 0 aliphatic carbocycles. The molecular formula is C14H10ClF2NO. The Kier molecular flexibility index (Phi) is 4.12. The number of carbonyl (C=O) groups excluding carboxylic acids is 1. The maximum atomic E-state index is 13.6. The first kappa shape index (κ1) is 13.5. The lowest BCUT2D eigenvalue weighted by molar-refractivity contribution is -0.115. The molecule has 0 heterocycles. The van der Waals surface area contributed by atoms with E-state index in [1.54, 1.807) is 6.07 Å². The van der Waals surface area contributed by atoms with E-state index in [2.05, 4.69) is 5.32 Å². The molecule has 0 spiro atoms. The minimum Gasteiger partial charge on any atom is -0.323 e. The molecule has 1 N–H and O–H groups in total. The smallest absolute Gasteiger partial charge is 0.228 e. The van der Waals surface area contributed by atoms with Crippen LogP contribution in [0.1, 0.15) is 5.56 Å². The summed E-state index contributed by atoms with van der Waals surface area (Å²) in [4.78, 5) is 11.7. The molecular weight excluding hydrogens is 272 g/mol. The van der Waals surface area contributed by atoms with Crippen molar-refractivity contribution in [1.29, 1.82) is 0 Å². The minimum atomic E-state index is -0.670. The summed E-state index contributed by atoms with van der Waals surface area (Å²) in [7, 11) is 0. The van der Waals surface area contributed by atoms with Crippen LogP contribution in [0.5, 0.6) is 0 Å². The predicted octanol–water partition coefficient (Wildman–Crippen LogP) is 3.80. The summed E-state index contributed by atoms with van der Waals surface area (Å²) in [5, 5.41) is 2.37. The van der Waals surface area contributed by atoms with Gasteiger partial charge in [-0.25, -0.2) is 8.78 Å². The van der Waals surface area contributed by atoms with E-state index < -0.39 is 11.7 Å². The van der Waals surface area contributed by atoms with Crippen molar-refractivity contribution in [2.24, 2.45) is 0 Å². The average molecular weight is 282 g/mol. The molecule has 0 saturated heterocycles. The molecule has 0 atom stereocenters. The molecule has 2 rings (SSSR count). The van der Waals surface area contributed by atoms with Gasteiger partial charge in [0.25, 0.3) is 0 Å². The Hall–Kier alpha value is -1.94. The van der Waals surface area contributed by atoms with E-state index in [1.165, 1.54) is 36.4 Å². The molecule has 5 heteroatoms. The summed E-state index contributed by atoms with van der Waals surface area (Å²) in [6.45, 7) is 0. The number of hydrogen-bond acceptors (Lipinski definition) is 1. The van der Waals surface area contributed by atoms with Crippen LogP contribution < -0.4 is 5.32 Å². The quantitative estimate of drug-likeness (QED) is 0.911. The molecule has 98 valence electrons. The molecule has 2 aromatic rings. The van der Waals surface area contributed by atoms with Crippen LogP contribution in [-0.4, -0.2) is 5.91 Å². The van der Waals surface area contributed by atoms with Gasteiger partial charge in [0.2, 0.25) is 5.91 Å². The summed E-state index contributed by atoms with van der Waals surface area (Å²) in [6, 6.07) is 9.90. The lowest BCUT2D eigenvalue weighted by atomic mass is 10.1. The first-order valence-electron chi connectivity index (χ1n) is 5.54. The topological polar surface area (TPSA) is 29.1 Å². The summed E-state index contributed by atoms with van der Waals surface area (Å²) in [6.07, 6.45) is 0.0340. The molecule has 0 saturated carbocycles. The van der Waals surface area contributed by atoms with Crippen LogP contribution in [0, 0.1) is 11.6 Å². The Morgan fingerprint density at radius 2 is 1.79 bits per heavy atom. The third kappa shape index (κ3) is 3.51. The number of benzene rings is 2. The van der Waals surface area contributed by atoms with E-state index in [4.69, 9.17) is 11.6 Å². The number of halogens is 3. The zero-order valence-electron chi connectivity index (χ0n) is 9.79. The van der Waals surface area contributed by atoms with E-state index in [0.717, 1.165) is 0 Å². The molecule has 0 fully saturated rings. The molecule has 2 nitrogen and oxygen atoms in total. The normalized spacial score (nSPS) is 10.3. The van der Waals surface area contributed by atoms with Crippen LogP contribution in [0.4, 0.5) is 14.5 Å². The molecule has 0 aliphatic heterocycles. The zero-order valence-corrected chi connectivity index (χ0v) is 10.5. The van der Waals surface area contributed by atoms with Crippen molar-refractivity contribution in [3.8, 4) is 0 Å². The highest BCUT2D eigenvalue weighted by molar-refractivity contribution is 6.31. The Morgan fingerprint density at radius 1 is 1.11 bits per heavy atom. The molecule has 0 aromatic heterocycles. The Balaban J connectivity index is 2.05. The summed E-state index contributed by atoms with van der Waals surface area (Å²) in [5.41, 5.74) is 0.668. The van der Waals surface area contributed by atoms with E-state index in [0.29, 0.717) is 5.56 Å². The fourth-order valence-corrected chi connectivity index (χ4v) is 1.76. The van der Waals surface area contributed by atoms with Gasteiger partial charge in [0.05, 0.1) is 17.1 Å². The fraction of sp³-hybridized carbons (Fsp3) is 0.0714. The highest BCUT2D eigenvalue weighted by Crippen LogP contribution is 2.22. The average Bonchev–Trinajstić information content (AvgIpc) is 2.38. The van der Waals surface area contributed by atoms with Gasteiger partial charge in [-0.3, -0.25) is 4.79 Å². The van der Waals surface area contributed by atoms with Crippen LogP contribution in [0.2, 0.25) is 5.02 Å². The van der Waals surface area contributed by atoms with E-state index in [1.807, 2.05) is 0 Å². The maximum absolute atomic E-state index is 13.6. The number of anilines is 1.